The third-order valence-corrected chi connectivity index (χ3v) is 2.41. The summed E-state index contributed by atoms with van der Waals surface area (Å²) in [5.74, 6) is -0.524. The SMILES string of the molecule is CC.O=S(=O)(O)Cc1noc2ccccc12.[Y]. The van der Waals surface area contributed by atoms with Crippen molar-refractivity contribution >= 4 is 21.1 Å². The maximum absolute atomic E-state index is 10.6. The van der Waals surface area contributed by atoms with Gasteiger partial charge in [0.15, 0.2) is 5.58 Å². The predicted octanol–water partition coefficient (Wildman–Crippen LogP) is 2.24. The van der Waals surface area contributed by atoms with E-state index in [2.05, 4.69) is 5.16 Å². The van der Waals surface area contributed by atoms with Crippen LogP contribution in [0.3, 0.4) is 0 Å². The summed E-state index contributed by atoms with van der Waals surface area (Å²) < 4.78 is 34.7. The predicted molar refractivity (Wildman–Crippen MR) is 60.6 cm³/mol. The molecule has 0 saturated carbocycles. The van der Waals surface area contributed by atoms with Crippen molar-refractivity contribution in [2.24, 2.45) is 0 Å². The van der Waals surface area contributed by atoms with E-state index >= 15 is 0 Å². The molecule has 1 N–H and O–H groups in total. The minimum Gasteiger partial charge on any atom is -0.356 e. The molecule has 91 valence electrons. The van der Waals surface area contributed by atoms with Gasteiger partial charge >= 0.3 is 0 Å². The average molecular weight is 332 g/mol. The number of hydrogen-bond acceptors (Lipinski definition) is 4. The van der Waals surface area contributed by atoms with Crippen molar-refractivity contribution in [1.29, 1.82) is 0 Å². The summed E-state index contributed by atoms with van der Waals surface area (Å²) in [5.41, 5.74) is 0.731. The Balaban J connectivity index is 0.000000811. The third-order valence-electron chi connectivity index (χ3n) is 1.77. The summed E-state index contributed by atoms with van der Waals surface area (Å²) in [6.07, 6.45) is 0. The second kappa shape index (κ2) is 7.21. The van der Waals surface area contributed by atoms with Gasteiger partial charge in [-0.1, -0.05) is 31.1 Å². The van der Waals surface area contributed by atoms with Gasteiger partial charge in [0.05, 0.1) is 0 Å². The second-order valence-electron chi connectivity index (χ2n) is 2.85. The minimum absolute atomic E-state index is 0. The molecule has 0 unspecified atom stereocenters. The molecule has 0 saturated heterocycles. The molecule has 0 aliphatic rings. The molecular formula is C10H13NO4SY. The minimum atomic E-state index is -4.06. The van der Waals surface area contributed by atoms with Crippen LogP contribution >= 0.6 is 0 Å². The van der Waals surface area contributed by atoms with E-state index in [1.54, 1.807) is 24.3 Å². The molecule has 2 aromatic rings. The fourth-order valence-electron chi connectivity index (χ4n) is 1.21. The summed E-state index contributed by atoms with van der Waals surface area (Å²) in [5, 5.41) is 4.17. The zero-order valence-corrected chi connectivity index (χ0v) is 13.3. The molecule has 1 radical (unpaired) electrons. The van der Waals surface area contributed by atoms with E-state index in [1.165, 1.54) is 0 Å². The number of hydrogen-bond donors (Lipinski definition) is 1. The fraction of sp³-hybridized carbons (Fsp3) is 0.300. The fourth-order valence-corrected chi connectivity index (χ4v) is 1.77. The van der Waals surface area contributed by atoms with Gasteiger partial charge in [0.1, 0.15) is 11.4 Å². The first-order valence-corrected chi connectivity index (χ1v) is 6.45. The van der Waals surface area contributed by atoms with Crippen molar-refractivity contribution in [2.75, 3.05) is 0 Å². The Kier molecular flexibility index (Phi) is 7.08. The van der Waals surface area contributed by atoms with Gasteiger partial charge < -0.3 is 4.52 Å². The largest absolute Gasteiger partial charge is 0.356 e. The summed E-state index contributed by atoms with van der Waals surface area (Å²) in [7, 11) is -4.06. The first-order chi connectivity index (χ1) is 7.56. The quantitative estimate of drug-likeness (QED) is 0.853. The maximum Gasteiger partial charge on any atom is 0.270 e. The second-order valence-corrected chi connectivity index (χ2v) is 4.30. The number of benzene rings is 1. The molecule has 0 spiro atoms. The third kappa shape index (κ3) is 4.83. The van der Waals surface area contributed by atoms with Gasteiger partial charge in [-0.2, -0.15) is 8.42 Å². The molecule has 1 heterocycles. The Bertz CT molecular complexity index is 564. The zero-order chi connectivity index (χ0) is 12.2. The van der Waals surface area contributed by atoms with E-state index in [1.807, 2.05) is 13.8 Å². The van der Waals surface area contributed by atoms with Crippen LogP contribution in [-0.2, 0) is 48.6 Å². The molecule has 0 atom stereocenters. The standard InChI is InChI=1S/C8H7NO4S.C2H6.Y/c10-14(11,12)5-7-6-3-1-2-4-8(6)13-9-7;1-2;/h1-4H,5H2,(H,10,11,12);1-2H3;. The molecule has 0 bridgehead atoms. The Morgan fingerprint density at radius 2 is 1.88 bits per heavy atom. The van der Waals surface area contributed by atoms with Gasteiger partial charge in [-0.15, -0.1) is 0 Å². The summed E-state index contributed by atoms with van der Waals surface area (Å²) in [6.45, 7) is 4.00. The molecule has 7 heteroatoms. The Labute approximate surface area is 125 Å². The molecule has 5 nitrogen and oxygen atoms in total. The van der Waals surface area contributed by atoms with E-state index < -0.39 is 15.9 Å². The molecular weight excluding hydrogens is 319 g/mol. The Morgan fingerprint density at radius 1 is 1.29 bits per heavy atom. The van der Waals surface area contributed by atoms with Crippen molar-refractivity contribution in [3.63, 3.8) is 0 Å². The summed E-state index contributed by atoms with van der Waals surface area (Å²) in [4.78, 5) is 0. The van der Waals surface area contributed by atoms with Crippen molar-refractivity contribution in [2.45, 2.75) is 19.6 Å². The Hall–Kier alpha value is -0.296. The molecule has 0 amide bonds. The number of aromatic nitrogens is 1. The van der Waals surface area contributed by atoms with Gasteiger partial charge in [-0.25, -0.2) is 0 Å². The molecule has 2 rings (SSSR count). The van der Waals surface area contributed by atoms with Crippen molar-refractivity contribution < 1.29 is 50.2 Å². The summed E-state index contributed by atoms with van der Waals surface area (Å²) in [6, 6.07) is 6.86. The molecule has 17 heavy (non-hydrogen) atoms. The number of para-hydroxylation sites is 1. The molecule has 0 aliphatic heterocycles. The monoisotopic (exact) mass is 332 g/mol. The van der Waals surface area contributed by atoms with E-state index in [4.69, 9.17) is 9.08 Å². The smallest absolute Gasteiger partial charge is 0.270 e. The Morgan fingerprint density at radius 3 is 2.47 bits per heavy atom. The molecule has 0 fully saturated rings. The zero-order valence-electron chi connectivity index (χ0n) is 9.62. The van der Waals surface area contributed by atoms with Crippen LogP contribution < -0.4 is 0 Å². The molecule has 1 aromatic carbocycles. The van der Waals surface area contributed by atoms with Crippen molar-refractivity contribution in [1.82, 2.24) is 5.16 Å². The van der Waals surface area contributed by atoms with E-state index in [-0.39, 0.29) is 38.4 Å². The van der Waals surface area contributed by atoms with Crippen LogP contribution in [0.1, 0.15) is 19.5 Å². The first kappa shape index (κ1) is 16.7. The average Bonchev–Trinajstić information content (AvgIpc) is 2.63. The van der Waals surface area contributed by atoms with Gasteiger partial charge in [0, 0.05) is 38.1 Å². The van der Waals surface area contributed by atoms with E-state index in [0.29, 0.717) is 11.0 Å². The van der Waals surface area contributed by atoms with Gasteiger partial charge in [-0.05, 0) is 12.1 Å². The first-order valence-electron chi connectivity index (χ1n) is 4.85. The molecule has 1 aromatic heterocycles. The van der Waals surface area contributed by atoms with Gasteiger partial charge in [0.2, 0.25) is 0 Å². The summed E-state index contributed by atoms with van der Waals surface area (Å²) >= 11 is 0. The van der Waals surface area contributed by atoms with Crippen LogP contribution in [0.25, 0.3) is 11.0 Å². The molecule has 0 aliphatic carbocycles. The van der Waals surface area contributed by atoms with Crippen molar-refractivity contribution in [3.8, 4) is 0 Å². The normalized spacial score (nSPS) is 10.3. The number of nitrogens with zero attached hydrogens (tertiary/aromatic N) is 1. The maximum atomic E-state index is 10.6. The number of rotatable bonds is 2. The van der Waals surface area contributed by atoms with Gasteiger partial charge in [-0.3, -0.25) is 4.55 Å². The topological polar surface area (TPSA) is 80.4 Å². The van der Waals surface area contributed by atoms with Crippen LogP contribution in [0, 0.1) is 0 Å². The van der Waals surface area contributed by atoms with E-state index in [9.17, 15) is 8.42 Å². The van der Waals surface area contributed by atoms with E-state index in [0.717, 1.165) is 0 Å². The van der Waals surface area contributed by atoms with Crippen LogP contribution in [0.4, 0.5) is 0 Å². The van der Waals surface area contributed by atoms with Crippen LogP contribution in [-0.4, -0.2) is 18.1 Å². The van der Waals surface area contributed by atoms with Crippen molar-refractivity contribution in [3.05, 3.63) is 30.0 Å². The van der Waals surface area contributed by atoms with Crippen LogP contribution in [0.15, 0.2) is 28.8 Å². The van der Waals surface area contributed by atoms with Crippen LogP contribution in [0.2, 0.25) is 0 Å². The van der Waals surface area contributed by atoms with Crippen LogP contribution in [0.5, 0.6) is 0 Å². The van der Waals surface area contributed by atoms with Gasteiger partial charge in [0.25, 0.3) is 10.1 Å². The number of fused-ring (bicyclic) bond motifs is 1.